The molecule has 4 nitrogen and oxygen atoms in total. The number of halogens is 1. The minimum Gasteiger partial charge on any atom is -0.490 e. The van der Waals surface area contributed by atoms with E-state index in [0.717, 1.165) is 53.0 Å². The molecule has 1 fully saturated rings. The first-order valence-electron chi connectivity index (χ1n) is 9.80. The molecule has 2 aromatic carbocycles. The summed E-state index contributed by atoms with van der Waals surface area (Å²) in [6.07, 6.45) is 5.20. The molecule has 0 bridgehead atoms. The third-order valence-electron chi connectivity index (χ3n) is 5.03. The summed E-state index contributed by atoms with van der Waals surface area (Å²) >= 11 is 1.61. The number of hydrogen-bond donors (Lipinski definition) is 0. The zero-order valence-corrected chi connectivity index (χ0v) is 16.8. The van der Waals surface area contributed by atoms with Crippen LogP contribution in [0.5, 0.6) is 5.75 Å². The van der Waals surface area contributed by atoms with Crippen LogP contribution in [0.2, 0.25) is 0 Å². The summed E-state index contributed by atoms with van der Waals surface area (Å²) < 4.78 is 21.2. The second kappa shape index (κ2) is 8.78. The lowest BCUT2D eigenvalue weighted by atomic mass is 10.2. The summed E-state index contributed by atoms with van der Waals surface area (Å²) in [5, 5.41) is 9.65. The number of hydrogen-bond acceptors (Lipinski definition) is 4. The molecule has 0 aliphatic heterocycles. The SMILES string of the molecule is CCn1c(SCc2ccc(F)cc2)nnc1-c1ccc(OC2CCCC2)cc1. The first-order valence-corrected chi connectivity index (χ1v) is 10.8. The van der Waals surface area contributed by atoms with Gasteiger partial charge in [0, 0.05) is 17.9 Å². The molecule has 1 saturated carbocycles. The van der Waals surface area contributed by atoms with Gasteiger partial charge in [-0.2, -0.15) is 0 Å². The van der Waals surface area contributed by atoms with Crippen molar-refractivity contribution < 1.29 is 9.13 Å². The van der Waals surface area contributed by atoms with Crippen LogP contribution >= 0.6 is 11.8 Å². The molecule has 1 aliphatic carbocycles. The molecule has 0 saturated heterocycles. The zero-order valence-electron chi connectivity index (χ0n) is 16.0. The minimum atomic E-state index is -0.215. The summed E-state index contributed by atoms with van der Waals surface area (Å²) in [4.78, 5) is 0. The number of thioether (sulfide) groups is 1. The Kier molecular flexibility index (Phi) is 5.95. The zero-order chi connectivity index (χ0) is 19.3. The van der Waals surface area contributed by atoms with Crippen molar-refractivity contribution in [2.24, 2.45) is 0 Å². The predicted molar refractivity (Wildman–Crippen MR) is 110 cm³/mol. The topological polar surface area (TPSA) is 39.9 Å². The highest BCUT2D eigenvalue weighted by Gasteiger charge is 2.17. The molecule has 0 spiro atoms. The number of rotatable bonds is 7. The van der Waals surface area contributed by atoms with Crippen LogP contribution in [0, 0.1) is 5.82 Å². The third kappa shape index (κ3) is 4.38. The van der Waals surface area contributed by atoms with Gasteiger partial charge >= 0.3 is 0 Å². The average Bonchev–Trinajstić information content (AvgIpc) is 3.37. The van der Waals surface area contributed by atoms with E-state index in [0.29, 0.717) is 6.10 Å². The van der Waals surface area contributed by atoms with Crippen LogP contribution in [0.15, 0.2) is 53.7 Å². The second-order valence-electron chi connectivity index (χ2n) is 7.01. The van der Waals surface area contributed by atoms with Crippen LogP contribution in [0.3, 0.4) is 0 Å². The van der Waals surface area contributed by atoms with Crippen LogP contribution in [0.1, 0.15) is 38.2 Å². The Labute approximate surface area is 169 Å². The van der Waals surface area contributed by atoms with Crippen LogP contribution in [0.4, 0.5) is 4.39 Å². The van der Waals surface area contributed by atoms with Gasteiger partial charge in [0.15, 0.2) is 11.0 Å². The van der Waals surface area contributed by atoms with Gasteiger partial charge in [-0.15, -0.1) is 10.2 Å². The Balaban J connectivity index is 1.46. The van der Waals surface area contributed by atoms with Gasteiger partial charge in [0.2, 0.25) is 0 Å². The van der Waals surface area contributed by atoms with Crippen molar-refractivity contribution in [2.45, 2.75) is 56.2 Å². The van der Waals surface area contributed by atoms with Gasteiger partial charge in [0.05, 0.1) is 6.10 Å². The molecular weight excluding hydrogens is 373 g/mol. The van der Waals surface area contributed by atoms with E-state index < -0.39 is 0 Å². The van der Waals surface area contributed by atoms with E-state index in [1.807, 2.05) is 12.1 Å². The van der Waals surface area contributed by atoms with E-state index in [2.05, 4.69) is 33.8 Å². The van der Waals surface area contributed by atoms with Crippen LogP contribution in [0.25, 0.3) is 11.4 Å². The quantitative estimate of drug-likeness (QED) is 0.478. The first kappa shape index (κ1) is 19.0. The molecule has 3 aromatic rings. The van der Waals surface area contributed by atoms with Crippen molar-refractivity contribution in [3.05, 3.63) is 59.9 Å². The van der Waals surface area contributed by atoms with Crippen molar-refractivity contribution in [1.82, 2.24) is 14.8 Å². The highest BCUT2D eigenvalue weighted by molar-refractivity contribution is 7.98. The summed E-state index contributed by atoms with van der Waals surface area (Å²) in [6.45, 7) is 2.88. The molecule has 4 rings (SSSR count). The molecule has 28 heavy (non-hydrogen) atoms. The monoisotopic (exact) mass is 397 g/mol. The smallest absolute Gasteiger partial charge is 0.191 e. The molecule has 6 heteroatoms. The summed E-state index contributed by atoms with van der Waals surface area (Å²) in [5.41, 5.74) is 2.09. The molecule has 1 heterocycles. The maximum Gasteiger partial charge on any atom is 0.191 e. The largest absolute Gasteiger partial charge is 0.490 e. The number of benzene rings is 2. The fraction of sp³-hybridized carbons (Fsp3) is 0.364. The highest BCUT2D eigenvalue weighted by Crippen LogP contribution is 2.29. The molecule has 0 amide bonds. The Morgan fingerprint density at radius 3 is 2.43 bits per heavy atom. The number of ether oxygens (including phenoxy) is 1. The van der Waals surface area contributed by atoms with Crippen molar-refractivity contribution in [2.75, 3.05) is 0 Å². The Morgan fingerprint density at radius 1 is 1.04 bits per heavy atom. The van der Waals surface area contributed by atoms with Crippen molar-refractivity contribution >= 4 is 11.8 Å². The maximum absolute atomic E-state index is 13.1. The van der Waals surface area contributed by atoms with Gasteiger partial charge < -0.3 is 9.30 Å². The van der Waals surface area contributed by atoms with Crippen LogP contribution in [-0.4, -0.2) is 20.9 Å². The Morgan fingerprint density at radius 2 is 1.75 bits per heavy atom. The molecule has 0 atom stereocenters. The second-order valence-corrected chi connectivity index (χ2v) is 7.96. The summed E-state index contributed by atoms with van der Waals surface area (Å²) in [6, 6.07) is 14.7. The van der Waals surface area contributed by atoms with Crippen LogP contribution < -0.4 is 4.74 Å². The van der Waals surface area contributed by atoms with E-state index in [9.17, 15) is 4.39 Å². The summed E-state index contributed by atoms with van der Waals surface area (Å²) in [5.74, 6) is 2.29. The van der Waals surface area contributed by atoms with Gasteiger partial charge in [0.1, 0.15) is 11.6 Å². The molecule has 0 radical (unpaired) electrons. The van der Waals surface area contributed by atoms with Crippen molar-refractivity contribution in [3.63, 3.8) is 0 Å². The Hall–Kier alpha value is -2.34. The van der Waals surface area contributed by atoms with Gasteiger partial charge in [0.25, 0.3) is 0 Å². The van der Waals surface area contributed by atoms with Crippen molar-refractivity contribution in [3.8, 4) is 17.1 Å². The molecule has 0 N–H and O–H groups in total. The molecule has 1 aliphatic rings. The lowest BCUT2D eigenvalue weighted by Gasteiger charge is -2.13. The average molecular weight is 398 g/mol. The first-order chi connectivity index (χ1) is 13.7. The fourth-order valence-corrected chi connectivity index (χ4v) is 4.46. The molecule has 1 aromatic heterocycles. The molecular formula is C22H24FN3OS. The minimum absolute atomic E-state index is 0.215. The highest BCUT2D eigenvalue weighted by atomic mass is 32.2. The number of nitrogens with zero attached hydrogens (tertiary/aromatic N) is 3. The lowest BCUT2D eigenvalue weighted by Crippen LogP contribution is -2.10. The van der Waals surface area contributed by atoms with E-state index in [4.69, 9.17) is 4.74 Å². The summed E-state index contributed by atoms with van der Waals surface area (Å²) in [7, 11) is 0. The van der Waals surface area contributed by atoms with Crippen molar-refractivity contribution in [1.29, 1.82) is 0 Å². The van der Waals surface area contributed by atoms with Gasteiger partial charge in [-0.1, -0.05) is 23.9 Å². The van der Waals surface area contributed by atoms with Gasteiger partial charge in [-0.25, -0.2) is 4.39 Å². The molecule has 146 valence electrons. The van der Waals surface area contributed by atoms with Crippen LogP contribution in [-0.2, 0) is 12.3 Å². The van der Waals surface area contributed by atoms with Gasteiger partial charge in [-0.05, 0) is 74.6 Å². The van der Waals surface area contributed by atoms with E-state index >= 15 is 0 Å². The Bertz CT molecular complexity index is 903. The van der Waals surface area contributed by atoms with E-state index in [-0.39, 0.29) is 5.82 Å². The van der Waals surface area contributed by atoms with E-state index in [1.54, 1.807) is 23.9 Å². The van der Waals surface area contributed by atoms with E-state index in [1.165, 1.54) is 25.0 Å². The molecule has 0 unspecified atom stereocenters. The normalized spacial score (nSPS) is 14.5. The standard InChI is InChI=1S/C22H24FN3OS/c1-2-26-21(17-9-13-20(14-10-17)27-19-5-3-4-6-19)24-25-22(26)28-15-16-7-11-18(23)12-8-16/h7-14,19H,2-6,15H2,1H3. The fourth-order valence-electron chi connectivity index (χ4n) is 3.50. The predicted octanol–water partition coefficient (Wildman–Crippen LogP) is 5.72. The maximum atomic E-state index is 13.1. The van der Waals surface area contributed by atoms with Gasteiger partial charge in [-0.3, -0.25) is 0 Å². The number of aromatic nitrogens is 3. The third-order valence-corrected chi connectivity index (χ3v) is 6.07. The lowest BCUT2D eigenvalue weighted by molar-refractivity contribution is 0.210.